The minimum Gasteiger partial charge on any atom is -0.481 e. The molecule has 5 heteroatoms. The molecular weight excluding hydrogens is 208 g/mol. The van der Waals surface area contributed by atoms with Crippen molar-refractivity contribution in [1.29, 1.82) is 0 Å². The van der Waals surface area contributed by atoms with Crippen molar-refractivity contribution in [3.8, 4) is 0 Å². The Kier molecular flexibility index (Phi) is 2.88. The van der Waals surface area contributed by atoms with Crippen LogP contribution in [0.15, 0.2) is 0 Å². The van der Waals surface area contributed by atoms with Gasteiger partial charge >= 0.3 is 5.97 Å². The first kappa shape index (κ1) is 11.4. The number of hydrogen-bond donors (Lipinski definition) is 2. The van der Waals surface area contributed by atoms with E-state index in [0.29, 0.717) is 25.9 Å². The lowest BCUT2D eigenvalue weighted by Crippen LogP contribution is -2.54. The predicted molar refractivity (Wildman–Crippen MR) is 57.9 cm³/mol. The van der Waals surface area contributed by atoms with Crippen LogP contribution >= 0.6 is 0 Å². The number of nitrogens with zero attached hydrogens (tertiary/aromatic N) is 1. The topological polar surface area (TPSA) is 69.6 Å². The van der Waals surface area contributed by atoms with Gasteiger partial charge in [0.05, 0.1) is 11.3 Å². The summed E-state index contributed by atoms with van der Waals surface area (Å²) >= 11 is 0. The molecule has 2 fully saturated rings. The molecule has 2 heterocycles. The van der Waals surface area contributed by atoms with Crippen LogP contribution in [0.3, 0.4) is 0 Å². The van der Waals surface area contributed by atoms with Crippen molar-refractivity contribution in [3.63, 3.8) is 0 Å². The fourth-order valence-electron chi connectivity index (χ4n) is 2.16. The predicted octanol–water partition coefficient (Wildman–Crippen LogP) is -0.0809. The summed E-state index contributed by atoms with van der Waals surface area (Å²) in [5.74, 6) is -0.440. The van der Waals surface area contributed by atoms with Crippen molar-refractivity contribution in [2.45, 2.75) is 19.8 Å². The van der Waals surface area contributed by atoms with E-state index in [2.05, 4.69) is 5.32 Å². The van der Waals surface area contributed by atoms with E-state index in [1.165, 1.54) is 0 Å². The highest BCUT2D eigenvalue weighted by Gasteiger charge is 2.39. The number of nitrogens with one attached hydrogen (secondary N) is 1. The van der Waals surface area contributed by atoms with Gasteiger partial charge in [0.15, 0.2) is 0 Å². The van der Waals surface area contributed by atoms with Crippen molar-refractivity contribution in [3.05, 3.63) is 0 Å². The molecule has 0 aromatic carbocycles. The maximum atomic E-state index is 11.9. The highest BCUT2D eigenvalue weighted by atomic mass is 16.4. The summed E-state index contributed by atoms with van der Waals surface area (Å²) in [7, 11) is 0. The smallest absolute Gasteiger partial charge is 0.309 e. The number of rotatable bonds is 2. The molecule has 16 heavy (non-hydrogen) atoms. The second-order valence-electron chi connectivity index (χ2n) is 5.05. The molecular formula is C11H18N2O3. The number of carbonyl (C=O) groups is 2. The molecule has 0 aliphatic carbocycles. The molecule has 0 unspecified atom stereocenters. The van der Waals surface area contributed by atoms with E-state index in [0.717, 1.165) is 13.1 Å². The molecule has 5 nitrogen and oxygen atoms in total. The van der Waals surface area contributed by atoms with E-state index in [1.807, 2.05) is 4.90 Å². The fraction of sp³-hybridized carbons (Fsp3) is 0.818. The molecule has 0 radical (unpaired) electrons. The number of carbonyl (C=O) groups excluding carboxylic acids is 1. The third-order valence-corrected chi connectivity index (χ3v) is 3.83. The van der Waals surface area contributed by atoms with E-state index in [9.17, 15) is 9.59 Å². The van der Waals surface area contributed by atoms with Gasteiger partial charge in [-0.05, 0) is 19.8 Å². The van der Waals surface area contributed by atoms with Gasteiger partial charge < -0.3 is 15.3 Å². The number of amides is 1. The lowest BCUT2D eigenvalue weighted by Gasteiger charge is -2.39. The summed E-state index contributed by atoms with van der Waals surface area (Å²) in [5, 5.41) is 12.1. The zero-order valence-electron chi connectivity index (χ0n) is 9.53. The van der Waals surface area contributed by atoms with Gasteiger partial charge in [-0.25, -0.2) is 0 Å². The van der Waals surface area contributed by atoms with Gasteiger partial charge in [-0.3, -0.25) is 9.59 Å². The molecule has 0 bridgehead atoms. The Morgan fingerprint density at radius 2 is 1.88 bits per heavy atom. The SMILES string of the molecule is CC1(C(=O)O)CCN(C(=O)C2CNC2)CC1. The van der Waals surface area contributed by atoms with Crippen LogP contribution in [0.1, 0.15) is 19.8 Å². The maximum absolute atomic E-state index is 11.9. The minimum atomic E-state index is -0.745. The third kappa shape index (κ3) is 1.91. The highest BCUT2D eigenvalue weighted by molar-refractivity contribution is 5.81. The first-order valence-corrected chi connectivity index (χ1v) is 5.76. The molecule has 2 aliphatic rings. The summed E-state index contributed by atoms with van der Waals surface area (Å²) in [6.45, 7) is 4.47. The number of carboxylic acid groups (broad SMARTS) is 1. The van der Waals surface area contributed by atoms with Crippen molar-refractivity contribution in [2.24, 2.45) is 11.3 Å². The van der Waals surface area contributed by atoms with Crippen LogP contribution in [0.5, 0.6) is 0 Å². The Morgan fingerprint density at radius 1 is 1.31 bits per heavy atom. The molecule has 2 saturated heterocycles. The lowest BCUT2D eigenvalue weighted by atomic mass is 9.80. The van der Waals surface area contributed by atoms with Crippen molar-refractivity contribution < 1.29 is 14.7 Å². The van der Waals surface area contributed by atoms with Crippen LogP contribution in [0.25, 0.3) is 0 Å². The van der Waals surface area contributed by atoms with E-state index >= 15 is 0 Å². The summed E-state index contributed by atoms with van der Waals surface area (Å²) in [4.78, 5) is 24.8. The first-order chi connectivity index (χ1) is 7.53. The molecule has 90 valence electrons. The van der Waals surface area contributed by atoms with Crippen molar-refractivity contribution >= 4 is 11.9 Å². The quantitative estimate of drug-likeness (QED) is 0.691. The monoisotopic (exact) mass is 226 g/mol. The molecule has 0 aromatic heterocycles. The van der Waals surface area contributed by atoms with E-state index in [-0.39, 0.29) is 11.8 Å². The molecule has 0 aromatic rings. The summed E-state index contributed by atoms with van der Waals surface area (Å²) in [6, 6.07) is 0. The molecule has 0 spiro atoms. The molecule has 1 amide bonds. The Morgan fingerprint density at radius 3 is 2.25 bits per heavy atom. The van der Waals surface area contributed by atoms with Gasteiger partial charge in [-0.15, -0.1) is 0 Å². The van der Waals surface area contributed by atoms with E-state index in [4.69, 9.17) is 5.11 Å². The van der Waals surface area contributed by atoms with Crippen LogP contribution in [-0.2, 0) is 9.59 Å². The molecule has 2 N–H and O–H groups in total. The fourth-order valence-corrected chi connectivity index (χ4v) is 2.16. The third-order valence-electron chi connectivity index (χ3n) is 3.83. The maximum Gasteiger partial charge on any atom is 0.309 e. The first-order valence-electron chi connectivity index (χ1n) is 5.76. The van der Waals surface area contributed by atoms with E-state index < -0.39 is 11.4 Å². The summed E-state index contributed by atoms with van der Waals surface area (Å²) in [5.41, 5.74) is -0.644. The minimum absolute atomic E-state index is 0.120. The highest BCUT2D eigenvalue weighted by Crippen LogP contribution is 2.31. The molecule has 2 rings (SSSR count). The summed E-state index contributed by atoms with van der Waals surface area (Å²) in [6.07, 6.45) is 1.13. The molecule has 2 aliphatic heterocycles. The van der Waals surface area contributed by atoms with Gasteiger partial charge in [0.1, 0.15) is 0 Å². The van der Waals surface area contributed by atoms with Crippen molar-refractivity contribution in [2.75, 3.05) is 26.2 Å². The number of carboxylic acids is 1. The van der Waals surface area contributed by atoms with Crippen LogP contribution in [0.4, 0.5) is 0 Å². The molecule has 0 atom stereocenters. The second kappa shape index (κ2) is 4.05. The Labute approximate surface area is 94.8 Å². The standard InChI is InChI=1S/C11H18N2O3/c1-11(10(15)16)2-4-13(5-3-11)9(14)8-6-12-7-8/h8,12H,2-7H2,1H3,(H,15,16). The molecule has 0 saturated carbocycles. The Bertz CT molecular complexity index is 304. The van der Waals surface area contributed by atoms with Crippen LogP contribution in [0.2, 0.25) is 0 Å². The van der Waals surface area contributed by atoms with Crippen LogP contribution in [-0.4, -0.2) is 48.1 Å². The number of likely N-dealkylation sites (tertiary alicyclic amines) is 1. The second-order valence-corrected chi connectivity index (χ2v) is 5.05. The summed E-state index contributed by atoms with van der Waals surface area (Å²) < 4.78 is 0. The van der Waals surface area contributed by atoms with Gasteiger partial charge in [-0.2, -0.15) is 0 Å². The zero-order chi connectivity index (χ0) is 11.8. The average molecular weight is 226 g/mol. The average Bonchev–Trinajstić information content (AvgIpc) is 2.15. The Balaban J connectivity index is 1.89. The zero-order valence-corrected chi connectivity index (χ0v) is 9.53. The van der Waals surface area contributed by atoms with Gasteiger partial charge in [0.2, 0.25) is 5.91 Å². The Hall–Kier alpha value is -1.10. The van der Waals surface area contributed by atoms with Gasteiger partial charge in [0, 0.05) is 26.2 Å². The number of aliphatic carboxylic acids is 1. The van der Waals surface area contributed by atoms with E-state index in [1.54, 1.807) is 6.92 Å². The normalized spacial score (nSPS) is 24.9. The van der Waals surface area contributed by atoms with Crippen LogP contribution < -0.4 is 5.32 Å². The van der Waals surface area contributed by atoms with Crippen LogP contribution in [0, 0.1) is 11.3 Å². The largest absolute Gasteiger partial charge is 0.481 e. The lowest BCUT2D eigenvalue weighted by molar-refractivity contribution is -0.154. The van der Waals surface area contributed by atoms with Crippen molar-refractivity contribution in [1.82, 2.24) is 10.2 Å². The number of hydrogen-bond acceptors (Lipinski definition) is 3. The number of piperidine rings is 1. The van der Waals surface area contributed by atoms with Gasteiger partial charge in [0.25, 0.3) is 0 Å². The van der Waals surface area contributed by atoms with Gasteiger partial charge in [-0.1, -0.05) is 0 Å².